The molecule has 1 aromatic rings. The van der Waals surface area contributed by atoms with Gasteiger partial charge in [-0.3, -0.25) is 4.79 Å². The Morgan fingerprint density at radius 1 is 1.38 bits per heavy atom. The summed E-state index contributed by atoms with van der Waals surface area (Å²) in [5.74, 6) is -1.37. The van der Waals surface area contributed by atoms with Crippen LogP contribution < -0.4 is 0 Å². The van der Waals surface area contributed by atoms with E-state index in [1.165, 1.54) is 28.6 Å². The molecule has 0 aliphatic heterocycles. The maximum Gasteiger partial charge on any atom is 0.307 e. The van der Waals surface area contributed by atoms with E-state index in [0.717, 1.165) is 0 Å². The highest BCUT2D eigenvalue weighted by Crippen LogP contribution is 2.18. The molecule has 0 saturated heterocycles. The number of carbonyl (C=O) groups is 1. The third kappa shape index (κ3) is 4.55. The SMILES string of the molecule is CCN(CC(C)C#N)S(=O)(=O)c1ccc(CC(=O)O)cc1. The lowest BCUT2D eigenvalue weighted by Gasteiger charge is -2.21. The molecule has 0 heterocycles. The van der Waals surface area contributed by atoms with Gasteiger partial charge in [0.05, 0.1) is 23.3 Å². The summed E-state index contributed by atoms with van der Waals surface area (Å²) in [5.41, 5.74) is 0.537. The van der Waals surface area contributed by atoms with E-state index in [4.69, 9.17) is 10.4 Å². The number of hydrogen-bond acceptors (Lipinski definition) is 4. The Kier molecular flexibility index (Phi) is 5.88. The van der Waals surface area contributed by atoms with Gasteiger partial charge in [-0.1, -0.05) is 19.1 Å². The summed E-state index contributed by atoms with van der Waals surface area (Å²) in [6.07, 6.45) is -0.150. The topological polar surface area (TPSA) is 98.5 Å². The molecule has 0 saturated carbocycles. The third-order valence-electron chi connectivity index (χ3n) is 2.97. The molecule has 21 heavy (non-hydrogen) atoms. The molecule has 0 aliphatic carbocycles. The number of carboxylic acids is 1. The van der Waals surface area contributed by atoms with Gasteiger partial charge in [0, 0.05) is 13.1 Å². The largest absolute Gasteiger partial charge is 0.481 e. The second-order valence-electron chi connectivity index (χ2n) is 4.70. The third-order valence-corrected chi connectivity index (χ3v) is 4.92. The Hall–Kier alpha value is -1.91. The lowest BCUT2D eigenvalue weighted by Crippen LogP contribution is -2.34. The van der Waals surface area contributed by atoms with Gasteiger partial charge in [-0.2, -0.15) is 9.57 Å². The molecule has 1 N–H and O–H groups in total. The second kappa shape index (κ2) is 7.20. The highest BCUT2D eigenvalue weighted by atomic mass is 32.2. The van der Waals surface area contributed by atoms with Crippen LogP contribution in [-0.4, -0.2) is 36.9 Å². The second-order valence-corrected chi connectivity index (χ2v) is 6.64. The zero-order valence-electron chi connectivity index (χ0n) is 12.0. The van der Waals surface area contributed by atoms with Gasteiger partial charge in [-0.05, 0) is 24.6 Å². The Labute approximate surface area is 124 Å². The van der Waals surface area contributed by atoms with Crippen LogP contribution in [0.3, 0.4) is 0 Å². The van der Waals surface area contributed by atoms with Crippen LogP contribution >= 0.6 is 0 Å². The van der Waals surface area contributed by atoms with Crippen molar-refractivity contribution in [2.45, 2.75) is 25.2 Å². The molecule has 1 atom stereocenters. The van der Waals surface area contributed by atoms with Crippen molar-refractivity contribution < 1.29 is 18.3 Å². The molecular formula is C14H18N2O4S. The smallest absolute Gasteiger partial charge is 0.307 e. The van der Waals surface area contributed by atoms with Gasteiger partial charge in [0.1, 0.15) is 0 Å². The molecule has 0 spiro atoms. The lowest BCUT2D eigenvalue weighted by atomic mass is 10.2. The summed E-state index contributed by atoms with van der Waals surface area (Å²) in [6.45, 7) is 3.77. The summed E-state index contributed by atoms with van der Waals surface area (Å²) < 4.78 is 26.1. The molecule has 6 nitrogen and oxygen atoms in total. The van der Waals surface area contributed by atoms with Crippen LogP contribution in [-0.2, 0) is 21.2 Å². The first kappa shape index (κ1) is 17.1. The summed E-state index contributed by atoms with van der Waals surface area (Å²) in [5, 5.41) is 17.5. The maximum atomic E-state index is 12.4. The van der Waals surface area contributed by atoms with E-state index < -0.39 is 21.9 Å². The highest BCUT2D eigenvalue weighted by Gasteiger charge is 2.24. The number of aliphatic carboxylic acids is 1. The summed E-state index contributed by atoms with van der Waals surface area (Å²) in [7, 11) is -3.67. The minimum Gasteiger partial charge on any atom is -0.481 e. The average molecular weight is 310 g/mol. The molecule has 0 amide bonds. The monoisotopic (exact) mass is 310 g/mol. The molecule has 1 unspecified atom stereocenters. The molecule has 0 fully saturated rings. The number of sulfonamides is 1. The van der Waals surface area contributed by atoms with E-state index in [0.29, 0.717) is 5.56 Å². The summed E-state index contributed by atoms with van der Waals surface area (Å²) in [4.78, 5) is 10.7. The molecule has 1 aromatic carbocycles. The predicted molar refractivity (Wildman–Crippen MR) is 77.0 cm³/mol. The summed E-state index contributed by atoms with van der Waals surface area (Å²) in [6, 6.07) is 7.78. The molecule has 0 radical (unpaired) electrons. The number of benzene rings is 1. The van der Waals surface area contributed by atoms with Crippen LogP contribution in [0.25, 0.3) is 0 Å². The van der Waals surface area contributed by atoms with Crippen molar-refractivity contribution in [1.29, 1.82) is 5.26 Å². The van der Waals surface area contributed by atoms with Crippen molar-refractivity contribution in [3.05, 3.63) is 29.8 Å². The fraction of sp³-hybridized carbons (Fsp3) is 0.429. The van der Waals surface area contributed by atoms with Gasteiger partial charge in [0.2, 0.25) is 10.0 Å². The van der Waals surface area contributed by atoms with Crippen molar-refractivity contribution in [2.75, 3.05) is 13.1 Å². The molecule has 0 bridgehead atoms. The van der Waals surface area contributed by atoms with Gasteiger partial charge in [-0.25, -0.2) is 8.42 Å². The molecule has 114 valence electrons. The first-order chi connectivity index (χ1) is 9.81. The molecule has 0 aromatic heterocycles. The van der Waals surface area contributed by atoms with Gasteiger partial charge >= 0.3 is 5.97 Å². The van der Waals surface area contributed by atoms with Crippen LogP contribution in [0, 0.1) is 17.2 Å². The van der Waals surface area contributed by atoms with E-state index in [9.17, 15) is 13.2 Å². The van der Waals surface area contributed by atoms with Crippen LogP contribution in [0.5, 0.6) is 0 Å². The quantitative estimate of drug-likeness (QED) is 0.822. The minimum atomic E-state index is -3.67. The van der Waals surface area contributed by atoms with E-state index in [-0.39, 0.29) is 24.4 Å². The van der Waals surface area contributed by atoms with E-state index >= 15 is 0 Å². The number of carboxylic acid groups (broad SMARTS) is 1. The molecule has 7 heteroatoms. The summed E-state index contributed by atoms with van der Waals surface area (Å²) >= 11 is 0. The number of rotatable bonds is 7. The van der Waals surface area contributed by atoms with Crippen LogP contribution in [0.15, 0.2) is 29.2 Å². The Bertz CT molecular complexity index is 632. The normalized spacial score (nSPS) is 12.9. The highest BCUT2D eigenvalue weighted by molar-refractivity contribution is 7.89. The van der Waals surface area contributed by atoms with Gasteiger partial charge in [-0.15, -0.1) is 0 Å². The zero-order chi connectivity index (χ0) is 16.0. The van der Waals surface area contributed by atoms with Gasteiger partial charge in [0.25, 0.3) is 0 Å². The Morgan fingerprint density at radius 2 is 1.95 bits per heavy atom. The van der Waals surface area contributed by atoms with E-state index in [2.05, 4.69) is 0 Å². The predicted octanol–water partition coefficient (Wildman–Crippen LogP) is 1.48. The van der Waals surface area contributed by atoms with Crippen molar-refractivity contribution in [1.82, 2.24) is 4.31 Å². The average Bonchev–Trinajstić information content (AvgIpc) is 2.44. The molecule has 0 aliphatic rings. The minimum absolute atomic E-state index is 0.101. The maximum absolute atomic E-state index is 12.4. The van der Waals surface area contributed by atoms with Crippen LogP contribution in [0.2, 0.25) is 0 Å². The van der Waals surface area contributed by atoms with E-state index in [1.807, 2.05) is 6.07 Å². The Balaban J connectivity index is 3.00. The van der Waals surface area contributed by atoms with Crippen molar-refractivity contribution in [2.24, 2.45) is 5.92 Å². The first-order valence-electron chi connectivity index (χ1n) is 6.51. The van der Waals surface area contributed by atoms with Gasteiger partial charge in [0.15, 0.2) is 0 Å². The van der Waals surface area contributed by atoms with E-state index in [1.54, 1.807) is 13.8 Å². The fourth-order valence-electron chi connectivity index (χ4n) is 1.85. The lowest BCUT2D eigenvalue weighted by molar-refractivity contribution is -0.136. The number of hydrogen-bond donors (Lipinski definition) is 1. The van der Waals surface area contributed by atoms with Crippen molar-refractivity contribution >= 4 is 16.0 Å². The van der Waals surface area contributed by atoms with Crippen molar-refractivity contribution in [3.8, 4) is 6.07 Å². The zero-order valence-corrected chi connectivity index (χ0v) is 12.8. The van der Waals surface area contributed by atoms with Crippen LogP contribution in [0.1, 0.15) is 19.4 Å². The number of nitrogens with zero attached hydrogens (tertiary/aromatic N) is 2. The Morgan fingerprint density at radius 3 is 2.38 bits per heavy atom. The fourth-order valence-corrected chi connectivity index (χ4v) is 3.38. The molecular weight excluding hydrogens is 292 g/mol. The number of nitriles is 1. The van der Waals surface area contributed by atoms with Gasteiger partial charge < -0.3 is 5.11 Å². The standard InChI is InChI=1S/C14H18N2O4S/c1-3-16(10-11(2)9-15)21(19,20)13-6-4-12(5-7-13)8-14(17)18/h4-7,11H,3,8,10H2,1-2H3,(H,17,18). The molecule has 1 rings (SSSR count). The first-order valence-corrected chi connectivity index (χ1v) is 7.95. The van der Waals surface area contributed by atoms with Crippen molar-refractivity contribution in [3.63, 3.8) is 0 Å². The van der Waals surface area contributed by atoms with Crippen LogP contribution in [0.4, 0.5) is 0 Å².